The second-order valence-electron chi connectivity index (χ2n) is 5.35. The highest BCUT2D eigenvalue weighted by Crippen LogP contribution is 2.17. The second-order valence-corrected chi connectivity index (χ2v) is 5.35. The van der Waals surface area contributed by atoms with Gasteiger partial charge in [-0.25, -0.2) is 14.2 Å². The van der Waals surface area contributed by atoms with E-state index in [2.05, 4.69) is 9.72 Å². The number of nitrogens with zero attached hydrogens (tertiary/aromatic N) is 1. The fraction of sp³-hybridized carbons (Fsp3) is 0.222. The maximum atomic E-state index is 12.9. The molecule has 8 heteroatoms. The predicted octanol–water partition coefficient (Wildman–Crippen LogP) is 2.27. The topological polar surface area (TPSA) is 107 Å². The van der Waals surface area contributed by atoms with Crippen LogP contribution < -0.4 is 0 Å². The van der Waals surface area contributed by atoms with Gasteiger partial charge in [0.15, 0.2) is 17.3 Å². The van der Waals surface area contributed by atoms with Crippen molar-refractivity contribution in [2.45, 2.75) is 19.8 Å². The third kappa shape index (κ3) is 4.62. The summed E-state index contributed by atoms with van der Waals surface area (Å²) in [5.74, 6) is -4.23. The number of aliphatic hydroxyl groups is 1. The van der Waals surface area contributed by atoms with Crippen molar-refractivity contribution in [1.82, 2.24) is 4.98 Å². The first-order valence-electron chi connectivity index (χ1n) is 7.60. The van der Waals surface area contributed by atoms with Crippen LogP contribution in [0.3, 0.4) is 0 Å². The number of esters is 1. The molecule has 0 saturated heterocycles. The number of ketones is 2. The first-order valence-corrected chi connectivity index (χ1v) is 7.60. The lowest BCUT2D eigenvalue weighted by Crippen LogP contribution is -2.16. The van der Waals surface area contributed by atoms with Crippen LogP contribution in [0.25, 0.3) is 0 Å². The van der Waals surface area contributed by atoms with E-state index in [9.17, 15) is 23.9 Å². The first kappa shape index (κ1) is 19.0. The molecule has 0 aliphatic heterocycles. The van der Waals surface area contributed by atoms with E-state index in [-0.39, 0.29) is 29.6 Å². The molecule has 0 aliphatic rings. The number of aryl methyl sites for hydroxylation is 3. The van der Waals surface area contributed by atoms with Gasteiger partial charge >= 0.3 is 5.97 Å². The number of Topliss-reactive ketones (excluding diaryl/α,β-unsaturated/α-hetero) is 1. The lowest BCUT2D eigenvalue weighted by Gasteiger charge is -2.02. The van der Waals surface area contributed by atoms with Gasteiger partial charge in [0, 0.05) is 19.4 Å². The number of hydrogen-bond acceptors (Lipinski definition) is 7. The number of benzene rings is 1. The van der Waals surface area contributed by atoms with E-state index in [1.807, 2.05) is 0 Å². The smallest absolute Gasteiger partial charge is 0.378 e. The highest BCUT2D eigenvalue weighted by molar-refractivity contribution is 6.39. The van der Waals surface area contributed by atoms with Gasteiger partial charge < -0.3 is 14.3 Å². The van der Waals surface area contributed by atoms with Crippen LogP contribution in [-0.4, -0.2) is 34.7 Å². The Kier molecular flexibility index (Phi) is 6.00. The minimum Gasteiger partial charge on any atom is -0.504 e. The van der Waals surface area contributed by atoms with Gasteiger partial charge in [0.2, 0.25) is 5.78 Å². The normalized spacial score (nSPS) is 11.3. The predicted molar refractivity (Wildman–Crippen MR) is 87.1 cm³/mol. The Hall–Kier alpha value is -3.29. The third-order valence-electron chi connectivity index (χ3n) is 3.46. The fourth-order valence-electron chi connectivity index (χ4n) is 2.20. The summed E-state index contributed by atoms with van der Waals surface area (Å²) in [5, 5.41) is 9.80. The molecule has 0 unspecified atom stereocenters. The van der Waals surface area contributed by atoms with Crippen molar-refractivity contribution in [2.24, 2.45) is 0 Å². The number of halogens is 1. The summed E-state index contributed by atoms with van der Waals surface area (Å²) in [4.78, 5) is 38.7. The maximum absolute atomic E-state index is 12.9. The van der Waals surface area contributed by atoms with Gasteiger partial charge in [-0.2, -0.15) is 0 Å². The molecular weight excluding hydrogens is 345 g/mol. The van der Waals surface area contributed by atoms with Crippen LogP contribution in [0.4, 0.5) is 4.39 Å². The van der Waals surface area contributed by atoms with Crippen molar-refractivity contribution in [2.75, 3.05) is 7.11 Å². The van der Waals surface area contributed by atoms with Gasteiger partial charge in [0.25, 0.3) is 5.78 Å². The van der Waals surface area contributed by atoms with Crippen molar-refractivity contribution in [3.05, 3.63) is 64.8 Å². The van der Waals surface area contributed by atoms with Crippen molar-refractivity contribution in [3.63, 3.8) is 0 Å². The molecule has 2 aromatic rings. The molecule has 0 bridgehead atoms. The lowest BCUT2D eigenvalue weighted by atomic mass is 10.1. The molecule has 0 fully saturated rings. The zero-order valence-corrected chi connectivity index (χ0v) is 14.1. The minimum absolute atomic E-state index is 0.156. The van der Waals surface area contributed by atoms with Crippen LogP contribution in [0.1, 0.15) is 27.7 Å². The lowest BCUT2D eigenvalue weighted by molar-refractivity contribution is -0.149. The number of methoxy groups -OCH3 is 1. The summed E-state index contributed by atoms with van der Waals surface area (Å²) in [7, 11) is 1.00. The molecule has 1 aromatic carbocycles. The van der Waals surface area contributed by atoms with Gasteiger partial charge in [0.1, 0.15) is 11.6 Å². The molecular formula is C18H16FNO6. The number of rotatable bonds is 7. The van der Waals surface area contributed by atoms with Gasteiger partial charge in [-0.3, -0.25) is 9.59 Å². The van der Waals surface area contributed by atoms with Gasteiger partial charge in [-0.05, 0) is 24.1 Å². The SMILES string of the molecule is COC(=O)C(=O)/C=C(\O)C(=O)c1nc(C)oc1CCc1ccc(F)cc1. The quantitative estimate of drug-likeness (QED) is 0.265. The van der Waals surface area contributed by atoms with Crippen LogP contribution in [0.2, 0.25) is 0 Å². The highest BCUT2D eigenvalue weighted by Gasteiger charge is 2.23. The van der Waals surface area contributed by atoms with Crippen LogP contribution >= 0.6 is 0 Å². The van der Waals surface area contributed by atoms with E-state index < -0.39 is 23.3 Å². The molecule has 0 atom stereocenters. The second kappa shape index (κ2) is 8.19. The molecule has 0 aliphatic carbocycles. The standard InChI is InChI=1S/C18H16FNO6/c1-10-20-16(17(23)13(21)9-14(22)18(24)25-2)15(26-10)8-5-11-3-6-12(19)7-4-11/h3-4,6-7,9,21H,5,8H2,1-2H3/b13-9-. The van der Waals surface area contributed by atoms with E-state index in [0.29, 0.717) is 12.5 Å². The summed E-state index contributed by atoms with van der Waals surface area (Å²) in [6.07, 6.45) is 1.19. The maximum Gasteiger partial charge on any atom is 0.378 e. The number of hydrogen-bond donors (Lipinski definition) is 1. The number of aliphatic hydroxyl groups excluding tert-OH is 1. The van der Waals surface area contributed by atoms with Crippen LogP contribution in [0, 0.1) is 12.7 Å². The molecule has 7 nitrogen and oxygen atoms in total. The van der Waals surface area contributed by atoms with Crippen molar-refractivity contribution in [3.8, 4) is 0 Å². The monoisotopic (exact) mass is 361 g/mol. The number of carbonyl (C=O) groups excluding carboxylic acids is 3. The number of ether oxygens (including phenoxy) is 1. The average Bonchev–Trinajstić information content (AvgIpc) is 3.00. The Morgan fingerprint density at radius 1 is 1.23 bits per heavy atom. The summed E-state index contributed by atoms with van der Waals surface area (Å²) < 4.78 is 22.5. The van der Waals surface area contributed by atoms with Crippen LogP contribution in [-0.2, 0) is 27.2 Å². The van der Waals surface area contributed by atoms with Gasteiger partial charge in [-0.15, -0.1) is 0 Å². The number of allylic oxidation sites excluding steroid dienone is 1. The van der Waals surface area contributed by atoms with Gasteiger partial charge in [-0.1, -0.05) is 12.1 Å². The average molecular weight is 361 g/mol. The summed E-state index contributed by atoms with van der Waals surface area (Å²) in [5.41, 5.74) is 0.663. The van der Waals surface area contributed by atoms with E-state index in [4.69, 9.17) is 4.42 Å². The summed E-state index contributed by atoms with van der Waals surface area (Å²) in [6.45, 7) is 1.53. The molecule has 0 saturated carbocycles. The summed E-state index contributed by atoms with van der Waals surface area (Å²) >= 11 is 0. The van der Waals surface area contributed by atoms with E-state index >= 15 is 0 Å². The minimum atomic E-state index is -1.21. The molecule has 1 heterocycles. The van der Waals surface area contributed by atoms with E-state index in [1.54, 1.807) is 12.1 Å². The molecule has 136 valence electrons. The van der Waals surface area contributed by atoms with Crippen molar-refractivity contribution < 1.29 is 33.0 Å². The Labute approximate surface area is 148 Å². The third-order valence-corrected chi connectivity index (χ3v) is 3.46. The number of oxazole rings is 1. The Balaban J connectivity index is 2.18. The Bertz CT molecular complexity index is 866. The fourth-order valence-corrected chi connectivity index (χ4v) is 2.20. The molecule has 1 N–H and O–H groups in total. The summed E-state index contributed by atoms with van der Waals surface area (Å²) in [6, 6.07) is 5.85. The van der Waals surface area contributed by atoms with Gasteiger partial charge in [0.05, 0.1) is 7.11 Å². The van der Waals surface area contributed by atoms with Crippen LogP contribution in [0.15, 0.2) is 40.5 Å². The number of carbonyl (C=O) groups is 3. The Morgan fingerprint density at radius 3 is 2.50 bits per heavy atom. The molecule has 0 radical (unpaired) electrons. The van der Waals surface area contributed by atoms with Crippen molar-refractivity contribution in [1.29, 1.82) is 0 Å². The number of aromatic nitrogens is 1. The zero-order valence-electron chi connectivity index (χ0n) is 14.1. The zero-order chi connectivity index (χ0) is 19.3. The van der Waals surface area contributed by atoms with E-state index in [1.165, 1.54) is 19.1 Å². The highest BCUT2D eigenvalue weighted by atomic mass is 19.1. The Morgan fingerprint density at radius 2 is 1.88 bits per heavy atom. The molecule has 26 heavy (non-hydrogen) atoms. The molecule has 0 spiro atoms. The van der Waals surface area contributed by atoms with Crippen molar-refractivity contribution >= 4 is 17.5 Å². The van der Waals surface area contributed by atoms with E-state index in [0.717, 1.165) is 12.7 Å². The molecule has 0 amide bonds. The molecule has 2 rings (SSSR count). The first-order chi connectivity index (χ1) is 12.3. The molecule has 1 aromatic heterocycles. The largest absolute Gasteiger partial charge is 0.504 e. The van der Waals surface area contributed by atoms with Crippen LogP contribution in [0.5, 0.6) is 0 Å².